The molecule has 3 saturated heterocycles. The van der Waals surface area contributed by atoms with Gasteiger partial charge in [-0.15, -0.1) is 6.42 Å². The number of terminal acetylenes is 1. The molecule has 9 heterocycles. The molecule has 9 rings (SSSR count). The molecule has 15 N–H and O–H groups in total. The molecule has 80 heavy (non-hydrogen) atoms. The fourth-order valence-corrected chi connectivity index (χ4v) is 13.6. The molecule has 6 aromatic rings. The van der Waals surface area contributed by atoms with Gasteiger partial charge in [-0.05, 0) is 6.42 Å². The predicted octanol–water partition coefficient (Wildman–Crippen LogP) is -3.42. The normalized spacial score (nSPS) is 29.2. The number of hydrogen-bond acceptors (Lipinski definition) is 29. The number of phosphoric acid groups is 4. The molecule has 39 nitrogen and oxygen atoms in total. The fraction of sp³-hybridized carbons (Fsp3) is 0.541. The number of nitrogens with zero attached hydrogens (tertiary/aromatic N) is 10. The van der Waals surface area contributed by atoms with E-state index in [4.69, 9.17) is 65.4 Å². The minimum Gasteiger partial charge on any atom is -0.387 e. The molecule has 6 aromatic heterocycles. The summed E-state index contributed by atoms with van der Waals surface area (Å²) in [6, 6.07) is 0. The van der Waals surface area contributed by atoms with Crippen LogP contribution in [0.1, 0.15) is 25.1 Å². The summed E-state index contributed by atoms with van der Waals surface area (Å²) in [5.74, 6) is 0.587. The van der Waals surface area contributed by atoms with Gasteiger partial charge in [0.25, 0.3) is 17.1 Å². The highest BCUT2D eigenvalue weighted by molar-refractivity contribution is 7.66. The number of imidazole rings is 3. The quantitative estimate of drug-likeness (QED) is 0.0129. The lowest BCUT2D eigenvalue weighted by Gasteiger charge is -2.26. The summed E-state index contributed by atoms with van der Waals surface area (Å²) in [6.45, 7) is -3.41. The number of rotatable bonds is 23. The molecule has 0 aliphatic carbocycles. The lowest BCUT2D eigenvalue weighted by molar-refractivity contribution is -0.745. The second kappa shape index (κ2) is 23.0. The first-order valence-electron chi connectivity index (χ1n) is 23.0. The minimum atomic E-state index is -6.21. The van der Waals surface area contributed by atoms with Crippen LogP contribution in [0.15, 0.2) is 34.9 Å². The number of aryl methyl sites for hydroxylation is 1. The Morgan fingerprint density at radius 3 is 2.04 bits per heavy atom. The summed E-state index contributed by atoms with van der Waals surface area (Å²) < 4.78 is 116. The van der Waals surface area contributed by atoms with Gasteiger partial charge in [0.1, 0.15) is 61.2 Å². The Morgan fingerprint density at radius 1 is 0.738 bits per heavy atom. The van der Waals surface area contributed by atoms with Gasteiger partial charge in [0.05, 0.1) is 45.6 Å². The van der Waals surface area contributed by atoms with Crippen LogP contribution in [0.3, 0.4) is 0 Å². The molecule has 16 atom stereocenters. The number of anilines is 3. The molecule has 3 aliphatic rings. The van der Waals surface area contributed by atoms with Crippen molar-refractivity contribution < 1.29 is 108 Å². The largest absolute Gasteiger partial charge is 0.490 e. The van der Waals surface area contributed by atoms with E-state index in [-0.39, 0.29) is 70.8 Å². The molecule has 0 spiro atoms. The number of methoxy groups -OCH3 is 1. The van der Waals surface area contributed by atoms with Crippen LogP contribution in [0.25, 0.3) is 33.5 Å². The van der Waals surface area contributed by atoms with Crippen molar-refractivity contribution in [3.05, 3.63) is 46.0 Å². The number of nitrogens with one attached hydrogen (secondary N) is 2. The monoisotopic (exact) mass is 1210 g/mol. The number of nitrogens with two attached hydrogens (primary N) is 3. The number of ether oxygens (including phenoxy) is 5. The highest BCUT2D eigenvalue weighted by atomic mass is 31.3. The number of aliphatic hydroxyl groups excluding tert-OH is 3. The van der Waals surface area contributed by atoms with Crippen molar-refractivity contribution in [2.45, 2.75) is 73.9 Å². The van der Waals surface area contributed by atoms with E-state index in [1.807, 2.05) is 0 Å². The van der Waals surface area contributed by atoms with Crippen molar-refractivity contribution in [2.75, 3.05) is 57.3 Å². The van der Waals surface area contributed by atoms with Crippen LogP contribution >= 0.6 is 31.3 Å². The molecular weight excluding hydrogens is 1160 g/mol. The Morgan fingerprint density at radius 2 is 1.35 bits per heavy atom. The van der Waals surface area contributed by atoms with Crippen LogP contribution in [0, 0.1) is 18.3 Å². The summed E-state index contributed by atoms with van der Waals surface area (Å²) in [5.41, 5.74) is 15.7. The third-order valence-corrected chi connectivity index (χ3v) is 17.8. The highest BCUT2D eigenvalue weighted by Gasteiger charge is 2.54. The zero-order chi connectivity index (χ0) is 57.8. The Labute approximate surface area is 445 Å². The lowest BCUT2D eigenvalue weighted by atomic mass is 9.95. The van der Waals surface area contributed by atoms with Gasteiger partial charge in [-0.2, -0.15) is 13.6 Å². The van der Waals surface area contributed by atoms with E-state index >= 15 is 0 Å². The second-order valence-corrected chi connectivity index (χ2v) is 23.7. The van der Waals surface area contributed by atoms with E-state index in [9.17, 15) is 62.7 Å². The maximum atomic E-state index is 13.7. The standard InChI is InChI=1S/C37H49N15O24P4/c1-4-6-67-7-5-15-16(71-33(22(15)53)52-14-49(2)21-30(52)46-37(40)48-32(21)57)8-69-78(60,61)75-80(64,65)76-79(62,63)70-10-18-25(26(66-3)35(73-18)50-12-43-19-27(38)41-11-42-28(19)50)74-77(58,59)68-9-17-23(54)24(55)34(72-17)51-13-44-20-29(51)45-36(39)47-31(20)56/h1,11-18,22-26,33-35,53-55H,5-10H2,2-3H3,(H11-,38,39,40,41,42,45,46,47,48,56,57,58,59,60,61,62,63,64,65)/p+1/t15-,16-,17-,18-,22-,23-,24-,25-,26-,33?,34-,35-/m1/s1. The molecule has 0 aromatic carbocycles. The predicted molar refractivity (Wildman–Crippen MR) is 261 cm³/mol. The summed E-state index contributed by atoms with van der Waals surface area (Å²) in [5, 5.41) is 33.3. The second-order valence-electron chi connectivity index (χ2n) is 17.7. The van der Waals surface area contributed by atoms with E-state index in [1.54, 1.807) is 0 Å². The first-order chi connectivity index (χ1) is 37.7. The summed E-state index contributed by atoms with van der Waals surface area (Å²) >= 11 is 0. The molecular formula is C37H50N15O24P4+. The number of hydrogen-bond donors (Lipinski definition) is 12. The Kier molecular flexibility index (Phi) is 17.0. The van der Waals surface area contributed by atoms with E-state index in [0.717, 1.165) is 30.7 Å². The van der Waals surface area contributed by atoms with Crippen LogP contribution < -0.4 is 32.9 Å². The summed E-state index contributed by atoms with van der Waals surface area (Å²) in [7, 11) is -20.9. The Hall–Kier alpha value is -5.59. The third-order valence-electron chi connectivity index (χ3n) is 12.5. The number of aromatic nitrogens is 12. The van der Waals surface area contributed by atoms with Crippen molar-refractivity contribution in [3.8, 4) is 12.3 Å². The van der Waals surface area contributed by atoms with Crippen molar-refractivity contribution in [1.82, 2.24) is 53.6 Å². The first-order valence-corrected chi connectivity index (χ1v) is 29.0. The SMILES string of the molecule is C#CCOCC[C@@H]1[C@@H](COP(=O)(O)OP(=O)(O)OP(=O)(O)OC[C@H]2O[C@@H](n3cnc4c(N)ncnc43)[C@H](OC)[C@@H]2OP(=O)(O)OC[C@H]2O[C@@H](n3cnc4c(=O)[nH]c(N)nc43)[C@H](O)[C@@H]2O)OC([n+]2cn(C)c3c(=O)[nH]c(N)nc32)[C@@H]1O. The van der Waals surface area contributed by atoms with E-state index in [1.165, 1.54) is 27.1 Å². The van der Waals surface area contributed by atoms with Gasteiger partial charge < -0.3 is 75.8 Å². The zero-order valence-corrected chi connectivity index (χ0v) is 44.7. The Balaban J connectivity index is 0.873. The molecule has 0 radical (unpaired) electrons. The number of H-pyrrole nitrogens is 2. The van der Waals surface area contributed by atoms with Crippen LogP contribution in [-0.2, 0) is 75.7 Å². The van der Waals surface area contributed by atoms with Gasteiger partial charge >= 0.3 is 36.9 Å². The number of phosphoric ester groups is 3. The molecule has 0 amide bonds. The Bertz CT molecular complexity index is 3650. The average molecular weight is 1210 g/mol. The fourth-order valence-electron chi connectivity index (χ4n) is 9.08. The minimum absolute atomic E-state index is 0.0108. The van der Waals surface area contributed by atoms with Gasteiger partial charge in [-0.1, -0.05) is 10.9 Å². The van der Waals surface area contributed by atoms with E-state index in [0.29, 0.717) is 0 Å². The number of fused-ring (bicyclic) bond motifs is 3. The van der Waals surface area contributed by atoms with Crippen LogP contribution in [0.4, 0.5) is 17.7 Å². The molecule has 436 valence electrons. The molecule has 3 aliphatic heterocycles. The summed E-state index contributed by atoms with van der Waals surface area (Å²) in [4.78, 5) is 96.8. The molecule has 0 saturated carbocycles. The smallest absolute Gasteiger partial charge is 0.387 e. The topological polar surface area (TPSA) is 551 Å². The lowest BCUT2D eigenvalue weighted by Crippen LogP contribution is -2.45. The third kappa shape index (κ3) is 12.3. The molecule has 3 fully saturated rings. The number of aliphatic hydroxyl groups is 3. The molecule has 5 unspecified atom stereocenters. The van der Waals surface area contributed by atoms with Crippen LogP contribution in [0.2, 0.25) is 0 Å². The van der Waals surface area contributed by atoms with Crippen molar-refractivity contribution >= 4 is 82.5 Å². The number of aromatic amines is 2. The van der Waals surface area contributed by atoms with Gasteiger partial charge in [0.15, 0.2) is 41.4 Å². The van der Waals surface area contributed by atoms with Gasteiger partial charge in [0, 0.05) is 19.6 Å². The molecule has 43 heteroatoms. The maximum absolute atomic E-state index is 13.7. The average Bonchev–Trinajstić information content (AvgIpc) is 4.28. The van der Waals surface area contributed by atoms with Crippen molar-refractivity contribution in [1.29, 1.82) is 0 Å². The van der Waals surface area contributed by atoms with Crippen LogP contribution in [0.5, 0.6) is 0 Å². The number of nitrogen functional groups attached to an aromatic ring is 3. The van der Waals surface area contributed by atoms with Crippen LogP contribution in [-0.4, -0.2) is 177 Å². The van der Waals surface area contributed by atoms with Gasteiger partial charge in [0.2, 0.25) is 17.7 Å². The highest BCUT2D eigenvalue weighted by Crippen LogP contribution is 2.68. The van der Waals surface area contributed by atoms with Crippen molar-refractivity contribution in [2.24, 2.45) is 13.0 Å². The molecule has 0 bridgehead atoms. The van der Waals surface area contributed by atoms with Crippen molar-refractivity contribution in [3.63, 3.8) is 0 Å². The first kappa shape index (κ1) is 59.0. The zero-order valence-electron chi connectivity index (χ0n) is 41.1. The van der Waals surface area contributed by atoms with Gasteiger partial charge in [-0.25, -0.2) is 42.8 Å². The van der Waals surface area contributed by atoms with Gasteiger partial charge in [-0.3, -0.25) is 51.4 Å². The van der Waals surface area contributed by atoms with E-state index < -0.39 is 136 Å². The summed E-state index contributed by atoms with van der Waals surface area (Å²) in [6.07, 6.45) is -7.74. The van der Waals surface area contributed by atoms with E-state index in [2.05, 4.69) is 54.4 Å². The maximum Gasteiger partial charge on any atom is 0.490 e.